The van der Waals surface area contributed by atoms with E-state index in [2.05, 4.69) is 5.32 Å². The standard InChI is InChI=1S/C27H30N4O5S2/c1-4-30-24(29-16-18-9-11-19(36-3)12-10-18)20(17(2)21(15-28)25(30)34)14-22-26(35)31(27(37)38-22)13-7-5-6-8-23(32)33/h9-12,14,29H,4-8,13,16H2,1-3H3,(H,32,33)/b22-14+. The smallest absolute Gasteiger partial charge is 0.303 e. The number of benzene rings is 1. The number of thioether (sulfide) groups is 1. The average Bonchev–Trinajstić information content (AvgIpc) is 3.16. The van der Waals surface area contributed by atoms with Gasteiger partial charge in [0.15, 0.2) is 0 Å². The van der Waals surface area contributed by atoms with Crippen molar-refractivity contribution in [3.63, 3.8) is 0 Å². The van der Waals surface area contributed by atoms with Crippen LogP contribution >= 0.6 is 24.0 Å². The fraction of sp³-hybridized carbons (Fsp3) is 0.370. The van der Waals surface area contributed by atoms with Crippen molar-refractivity contribution in [2.75, 3.05) is 19.0 Å². The van der Waals surface area contributed by atoms with Crippen molar-refractivity contribution in [1.82, 2.24) is 9.47 Å². The molecular formula is C27H30N4O5S2. The minimum Gasteiger partial charge on any atom is -0.497 e. The molecule has 1 aromatic heterocycles. The van der Waals surface area contributed by atoms with Crippen LogP contribution in [0.5, 0.6) is 5.75 Å². The van der Waals surface area contributed by atoms with Crippen LogP contribution in [0.15, 0.2) is 34.0 Å². The number of nitrogens with one attached hydrogen (secondary N) is 1. The van der Waals surface area contributed by atoms with Crippen LogP contribution in [0.3, 0.4) is 0 Å². The van der Waals surface area contributed by atoms with Crippen LogP contribution in [0.4, 0.5) is 5.82 Å². The first-order chi connectivity index (χ1) is 18.2. The number of nitrogens with zero attached hydrogens (tertiary/aromatic N) is 3. The Morgan fingerprint density at radius 2 is 1.95 bits per heavy atom. The molecule has 0 radical (unpaired) electrons. The van der Waals surface area contributed by atoms with Crippen molar-refractivity contribution in [3.05, 3.63) is 61.8 Å². The number of hydrogen-bond donors (Lipinski definition) is 2. The Hall–Kier alpha value is -3.62. The summed E-state index contributed by atoms with van der Waals surface area (Å²) in [7, 11) is 1.60. The first-order valence-corrected chi connectivity index (χ1v) is 13.5. The number of hydrogen-bond acceptors (Lipinski definition) is 8. The molecule has 38 heavy (non-hydrogen) atoms. The van der Waals surface area contributed by atoms with Gasteiger partial charge in [-0.3, -0.25) is 23.9 Å². The van der Waals surface area contributed by atoms with Gasteiger partial charge < -0.3 is 15.2 Å². The number of aromatic nitrogens is 1. The van der Waals surface area contributed by atoms with Crippen molar-refractivity contribution >= 4 is 52.1 Å². The number of thiocarbonyl (C=S) groups is 1. The number of pyridine rings is 1. The summed E-state index contributed by atoms with van der Waals surface area (Å²) in [6, 6.07) is 9.55. The monoisotopic (exact) mass is 554 g/mol. The van der Waals surface area contributed by atoms with Gasteiger partial charge in [-0.1, -0.05) is 42.5 Å². The third kappa shape index (κ3) is 6.62. The largest absolute Gasteiger partial charge is 0.497 e. The molecule has 0 bridgehead atoms. The third-order valence-electron chi connectivity index (χ3n) is 6.23. The molecule has 11 heteroatoms. The molecule has 1 aliphatic heterocycles. The van der Waals surface area contributed by atoms with Crippen LogP contribution in [-0.2, 0) is 22.7 Å². The van der Waals surface area contributed by atoms with Crippen molar-refractivity contribution in [2.24, 2.45) is 0 Å². The zero-order chi connectivity index (χ0) is 27.8. The maximum Gasteiger partial charge on any atom is 0.303 e. The number of aliphatic carboxylic acids is 1. The van der Waals surface area contributed by atoms with Crippen LogP contribution in [0.1, 0.15) is 54.9 Å². The van der Waals surface area contributed by atoms with Crippen LogP contribution in [0, 0.1) is 18.3 Å². The lowest BCUT2D eigenvalue weighted by Crippen LogP contribution is -2.29. The molecule has 0 spiro atoms. The second-order valence-electron chi connectivity index (χ2n) is 8.66. The van der Waals surface area contributed by atoms with Gasteiger partial charge in [-0.25, -0.2) is 0 Å². The van der Waals surface area contributed by atoms with Crippen LogP contribution in [0.25, 0.3) is 6.08 Å². The number of ether oxygens (including phenoxy) is 1. The summed E-state index contributed by atoms with van der Waals surface area (Å²) in [4.78, 5) is 38.9. The molecule has 2 heterocycles. The Bertz CT molecular complexity index is 1360. The molecule has 2 aromatic rings. The molecule has 3 rings (SSSR count). The normalized spacial score (nSPS) is 14.2. The predicted octanol–water partition coefficient (Wildman–Crippen LogP) is 4.52. The second kappa shape index (κ2) is 13.3. The molecule has 0 atom stereocenters. The molecule has 9 nitrogen and oxygen atoms in total. The number of rotatable bonds is 12. The fourth-order valence-electron chi connectivity index (χ4n) is 4.13. The Morgan fingerprint density at radius 3 is 2.55 bits per heavy atom. The molecule has 0 aliphatic carbocycles. The van der Waals surface area contributed by atoms with Gasteiger partial charge in [0.05, 0.1) is 12.0 Å². The molecule has 0 unspecified atom stereocenters. The lowest BCUT2D eigenvalue weighted by Gasteiger charge is -2.19. The van der Waals surface area contributed by atoms with Crippen LogP contribution < -0.4 is 15.6 Å². The first kappa shape index (κ1) is 28.9. The van der Waals surface area contributed by atoms with E-state index >= 15 is 0 Å². The van der Waals surface area contributed by atoms with Gasteiger partial charge in [0.2, 0.25) is 0 Å². The Balaban J connectivity index is 1.93. The highest BCUT2D eigenvalue weighted by atomic mass is 32.2. The van der Waals surface area contributed by atoms with Crippen molar-refractivity contribution in [2.45, 2.75) is 52.6 Å². The van der Waals surface area contributed by atoms with E-state index in [4.69, 9.17) is 22.1 Å². The minimum atomic E-state index is -0.838. The third-order valence-corrected chi connectivity index (χ3v) is 7.61. The van der Waals surface area contributed by atoms with E-state index in [9.17, 15) is 19.6 Å². The summed E-state index contributed by atoms with van der Waals surface area (Å²) in [5, 5.41) is 21.8. The zero-order valence-electron chi connectivity index (χ0n) is 21.6. The van der Waals surface area contributed by atoms with E-state index in [1.54, 1.807) is 20.1 Å². The number of carbonyl (C=O) groups is 2. The molecule has 1 aromatic carbocycles. The van der Waals surface area contributed by atoms with Gasteiger partial charge >= 0.3 is 5.97 Å². The van der Waals surface area contributed by atoms with E-state index in [1.807, 2.05) is 37.3 Å². The van der Waals surface area contributed by atoms with Gasteiger partial charge in [-0.2, -0.15) is 5.26 Å². The molecule has 1 saturated heterocycles. The lowest BCUT2D eigenvalue weighted by atomic mass is 10.0. The molecule has 0 saturated carbocycles. The highest BCUT2D eigenvalue weighted by Crippen LogP contribution is 2.35. The summed E-state index contributed by atoms with van der Waals surface area (Å²) in [5.74, 6) is 0.170. The highest BCUT2D eigenvalue weighted by Gasteiger charge is 2.32. The zero-order valence-corrected chi connectivity index (χ0v) is 23.2. The molecule has 1 fully saturated rings. The van der Waals surface area contributed by atoms with E-state index in [0.717, 1.165) is 11.3 Å². The number of carboxylic acid groups (broad SMARTS) is 1. The number of carboxylic acids is 1. The van der Waals surface area contributed by atoms with Crippen LogP contribution in [-0.4, -0.2) is 44.4 Å². The maximum atomic E-state index is 13.2. The lowest BCUT2D eigenvalue weighted by molar-refractivity contribution is -0.137. The summed E-state index contributed by atoms with van der Waals surface area (Å²) in [5.41, 5.74) is 1.66. The van der Waals surface area contributed by atoms with E-state index < -0.39 is 11.5 Å². The summed E-state index contributed by atoms with van der Waals surface area (Å²) in [6.07, 6.45) is 3.64. The van der Waals surface area contributed by atoms with Gasteiger partial charge in [0.25, 0.3) is 11.5 Å². The predicted molar refractivity (Wildman–Crippen MR) is 152 cm³/mol. The van der Waals surface area contributed by atoms with E-state index in [0.29, 0.717) is 65.1 Å². The summed E-state index contributed by atoms with van der Waals surface area (Å²) >= 11 is 6.62. The molecular weight excluding hydrogens is 524 g/mol. The summed E-state index contributed by atoms with van der Waals surface area (Å²) < 4.78 is 7.15. The quantitative estimate of drug-likeness (QED) is 0.221. The number of carbonyl (C=O) groups excluding carboxylic acids is 1. The molecule has 2 N–H and O–H groups in total. The average molecular weight is 555 g/mol. The van der Waals surface area contributed by atoms with E-state index in [-0.39, 0.29) is 17.9 Å². The van der Waals surface area contributed by atoms with E-state index in [1.165, 1.54) is 21.2 Å². The molecule has 1 aliphatic rings. The van der Waals surface area contributed by atoms with Crippen molar-refractivity contribution < 1.29 is 19.4 Å². The van der Waals surface area contributed by atoms with Gasteiger partial charge in [-0.15, -0.1) is 0 Å². The van der Waals surface area contributed by atoms with Gasteiger partial charge in [0, 0.05) is 31.6 Å². The van der Waals surface area contributed by atoms with Crippen molar-refractivity contribution in [3.8, 4) is 11.8 Å². The fourth-order valence-corrected chi connectivity index (χ4v) is 5.42. The Labute approximate surface area is 231 Å². The van der Waals surface area contributed by atoms with Gasteiger partial charge in [-0.05, 0) is 56.0 Å². The number of unbranched alkanes of at least 4 members (excludes halogenated alkanes) is 2. The van der Waals surface area contributed by atoms with Crippen molar-refractivity contribution in [1.29, 1.82) is 5.26 Å². The highest BCUT2D eigenvalue weighted by molar-refractivity contribution is 8.26. The SMILES string of the molecule is CCn1c(NCc2ccc(OC)cc2)c(/C=C2/SC(=S)N(CCCCCC(=O)O)C2=O)c(C)c(C#N)c1=O. The Kier molecular flexibility index (Phi) is 10.1. The number of methoxy groups -OCH3 is 1. The van der Waals surface area contributed by atoms with Gasteiger partial charge in [0.1, 0.15) is 27.5 Å². The molecule has 1 amide bonds. The van der Waals surface area contributed by atoms with Crippen LogP contribution in [0.2, 0.25) is 0 Å². The first-order valence-electron chi connectivity index (χ1n) is 12.2. The number of amides is 1. The summed E-state index contributed by atoms with van der Waals surface area (Å²) in [6.45, 7) is 4.67. The number of anilines is 1. The molecule has 200 valence electrons. The maximum absolute atomic E-state index is 13.2. The second-order valence-corrected chi connectivity index (χ2v) is 10.3. The minimum absolute atomic E-state index is 0.0296. The number of nitriles is 1. The topological polar surface area (TPSA) is 125 Å². The Morgan fingerprint density at radius 1 is 1.24 bits per heavy atom.